The van der Waals surface area contributed by atoms with Gasteiger partial charge >= 0.3 is 0 Å². The van der Waals surface area contributed by atoms with Gasteiger partial charge in [-0.3, -0.25) is 0 Å². The monoisotopic (exact) mass is 247 g/mol. The number of hydrogen-bond donors (Lipinski definition) is 1. The molecule has 2 rings (SSSR count). The molecule has 1 N–H and O–H groups in total. The van der Waals surface area contributed by atoms with Gasteiger partial charge in [0.1, 0.15) is 5.82 Å². The fourth-order valence-electron chi connectivity index (χ4n) is 1.57. The topological polar surface area (TPSA) is 37.8 Å². The summed E-state index contributed by atoms with van der Waals surface area (Å²) in [7, 11) is 0. The minimum atomic E-state index is 0.813. The normalized spacial score (nSPS) is 10.5. The van der Waals surface area contributed by atoms with Crippen LogP contribution in [-0.4, -0.2) is 16.5 Å². The maximum absolute atomic E-state index is 4.60. The average molecular weight is 247 g/mol. The first kappa shape index (κ1) is 12.0. The Bertz CT molecular complexity index is 492. The Labute approximate surface area is 106 Å². The van der Waals surface area contributed by atoms with Gasteiger partial charge in [-0.1, -0.05) is 6.92 Å². The second kappa shape index (κ2) is 5.27. The summed E-state index contributed by atoms with van der Waals surface area (Å²) < 4.78 is 0. The third-order valence-corrected chi connectivity index (χ3v) is 3.39. The van der Waals surface area contributed by atoms with E-state index in [9.17, 15) is 0 Å². The molecular weight excluding hydrogens is 230 g/mol. The Kier molecular flexibility index (Phi) is 3.74. The number of anilines is 1. The second-order valence-electron chi connectivity index (χ2n) is 4.05. The highest BCUT2D eigenvalue weighted by Gasteiger charge is 2.09. The lowest BCUT2D eigenvalue weighted by Gasteiger charge is -2.11. The van der Waals surface area contributed by atoms with E-state index >= 15 is 0 Å². The predicted octanol–water partition coefficient (Wildman–Crippen LogP) is 3.64. The first-order chi connectivity index (χ1) is 8.22. The van der Waals surface area contributed by atoms with Crippen molar-refractivity contribution in [2.24, 2.45) is 0 Å². The highest BCUT2D eigenvalue weighted by molar-refractivity contribution is 7.08. The van der Waals surface area contributed by atoms with E-state index in [1.165, 1.54) is 0 Å². The van der Waals surface area contributed by atoms with Gasteiger partial charge in [0.2, 0.25) is 0 Å². The van der Waals surface area contributed by atoms with Crippen LogP contribution in [0.4, 0.5) is 5.82 Å². The summed E-state index contributed by atoms with van der Waals surface area (Å²) in [4.78, 5) is 9.14. The summed E-state index contributed by atoms with van der Waals surface area (Å²) in [5.74, 6) is 1.77. The van der Waals surface area contributed by atoms with Gasteiger partial charge in [-0.15, -0.1) is 0 Å². The van der Waals surface area contributed by atoms with Gasteiger partial charge in [-0.25, -0.2) is 9.97 Å². The van der Waals surface area contributed by atoms with Crippen molar-refractivity contribution >= 4 is 17.2 Å². The molecule has 0 radical (unpaired) electrons. The molecule has 0 fully saturated rings. The standard InChI is InChI=1S/C13H17N3S/c1-4-6-14-12-9(2)10(3)15-13(16-12)11-5-7-17-8-11/h5,7-8H,4,6H2,1-3H3,(H,14,15,16). The molecule has 0 unspecified atom stereocenters. The van der Waals surface area contributed by atoms with Gasteiger partial charge in [0, 0.05) is 28.7 Å². The Balaban J connectivity index is 2.39. The molecule has 0 aromatic carbocycles. The van der Waals surface area contributed by atoms with E-state index in [4.69, 9.17) is 0 Å². The highest BCUT2D eigenvalue weighted by Crippen LogP contribution is 2.23. The number of hydrogen-bond acceptors (Lipinski definition) is 4. The Morgan fingerprint density at radius 2 is 2.12 bits per heavy atom. The molecule has 0 aliphatic heterocycles. The lowest BCUT2D eigenvalue weighted by Crippen LogP contribution is -2.07. The molecule has 2 aromatic rings. The van der Waals surface area contributed by atoms with Crippen LogP contribution in [0.2, 0.25) is 0 Å². The van der Waals surface area contributed by atoms with Crippen LogP contribution in [0.5, 0.6) is 0 Å². The summed E-state index contributed by atoms with van der Waals surface area (Å²) >= 11 is 1.67. The molecule has 90 valence electrons. The Hall–Kier alpha value is -1.42. The van der Waals surface area contributed by atoms with Crippen molar-refractivity contribution < 1.29 is 0 Å². The van der Waals surface area contributed by atoms with Crippen LogP contribution < -0.4 is 5.32 Å². The average Bonchev–Trinajstić information content (AvgIpc) is 2.84. The van der Waals surface area contributed by atoms with Crippen LogP contribution >= 0.6 is 11.3 Å². The largest absolute Gasteiger partial charge is 0.370 e. The van der Waals surface area contributed by atoms with Crippen molar-refractivity contribution in [1.82, 2.24) is 9.97 Å². The first-order valence-corrected chi connectivity index (χ1v) is 6.78. The van der Waals surface area contributed by atoms with Crippen molar-refractivity contribution in [3.63, 3.8) is 0 Å². The third-order valence-electron chi connectivity index (χ3n) is 2.71. The third kappa shape index (κ3) is 2.64. The van der Waals surface area contributed by atoms with Crippen LogP contribution in [0.1, 0.15) is 24.6 Å². The number of thiophene rings is 1. The summed E-state index contributed by atoms with van der Waals surface area (Å²) in [5, 5.41) is 7.48. The van der Waals surface area contributed by atoms with Gasteiger partial charge in [-0.2, -0.15) is 11.3 Å². The fourth-order valence-corrected chi connectivity index (χ4v) is 2.20. The highest BCUT2D eigenvalue weighted by atomic mass is 32.1. The van der Waals surface area contributed by atoms with E-state index in [-0.39, 0.29) is 0 Å². The molecule has 0 atom stereocenters. The minimum Gasteiger partial charge on any atom is -0.370 e. The lowest BCUT2D eigenvalue weighted by atomic mass is 10.2. The van der Waals surface area contributed by atoms with E-state index in [0.717, 1.165) is 41.4 Å². The summed E-state index contributed by atoms with van der Waals surface area (Å²) in [5.41, 5.74) is 3.27. The lowest BCUT2D eigenvalue weighted by molar-refractivity contribution is 0.955. The zero-order valence-corrected chi connectivity index (χ0v) is 11.3. The maximum Gasteiger partial charge on any atom is 0.162 e. The molecule has 0 bridgehead atoms. The Morgan fingerprint density at radius 3 is 2.76 bits per heavy atom. The minimum absolute atomic E-state index is 0.813. The molecule has 4 heteroatoms. The molecular formula is C13H17N3S. The van der Waals surface area contributed by atoms with Crippen molar-refractivity contribution in [2.75, 3.05) is 11.9 Å². The molecule has 2 aromatic heterocycles. The van der Waals surface area contributed by atoms with E-state index < -0.39 is 0 Å². The zero-order valence-electron chi connectivity index (χ0n) is 10.4. The quantitative estimate of drug-likeness (QED) is 0.896. The zero-order chi connectivity index (χ0) is 12.3. The number of aromatic nitrogens is 2. The van der Waals surface area contributed by atoms with Gasteiger partial charge in [-0.05, 0) is 31.7 Å². The van der Waals surface area contributed by atoms with Crippen molar-refractivity contribution in [3.8, 4) is 11.4 Å². The van der Waals surface area contributed by atoms with E-state index in [2.05, 4.69) is 40.6 Å². The van der Waals surface area contributed by atoms with Gasteiger partial charge in [0.05, 0.1) is 0 Å². The number of aryl methyl sites for hydroxylation is 1. The van der Waals surface area contributed by atoms with Gasteiger partial charge < -0.3 is 5.32 Å². The van der Waals surface area contributed by atoms with Crippen molar-refractivity contribution in [2.45, 2.75) is 27.2 Å². The Morgan fingerprint density at radius 1 is 1.29 bits per heavy atom. The van der Waals surface area contributed by atoms with Crippen molar-refractivity contribution in [1.29, 1.82) is 0 Å². The van der Waals surface area contributed by atoms with E-state index in [0.29, 0.717) is 0 Å². The fraction of sp³-hybridized carbons (Fsp3) is 0.385. The molecule has 2 heterocycles. The summed E-state index contributed by atoms with van der Waals surface area (Å²) in [6.45, 7) is 7.19. The van der Waals surface area contributed by atoms with Crippen molar-refractivity contribution in [3.05, 3.63) is 28.1 Å². The molecule has 0 aliphatic rings. The molecule has 0 saturated heterocycles. The predicted molar refractivity (Wildman–Crippen MR) is 73.6 cm³/mol. The summed E-state index contributed by atoms with van der Waals surface area (Å²) in [6.07, 6.45) is 1.09. The molecule has 0 aliphatic carbocycles. The molecule has 0 amide bonds. The van der Waals surface area contributed by atoms with Crippen LogP contribution in [0, 0.1) is 13.8 Å². The van der Waals surface area contributed by atoms with Crippen LogP contribution in [0.25, 0.3) is 11.4 Å². The van der Waals surface area contributed by atoms with Gasteiger partial charge in [0.15, 0.2) is 5.82 Å². The number of rotatable bonds is 4. The van der Waals surface area contributed by atoms with E-state index in [1.54, 1.807) is 11.3 Å². The SMILES string of the molecule is CCCNc1nc(-c2ccsc2)nc(C)c1C. The molecule has 3 nitrogen and oxygen atoms in total. The van der Waals surface area contributed by atoms with Gasteiger partial charge in [0.25, 0.3) is 0 Å². The molecule has 0 spiro atoms. The second-order valence-corrected chi connectivity index (χ2v) is 4.83. The van der Waals surface area contributed by atoms with E-state index in [1.807, 2.05) is 12.3 Å². The number of nitrogens with one attached hydrogen (secondary N) is 1. The van der Waals surface area contributed by atoms with Crippen LogP contribution in [0.15, 0.2) is 16.8 Å². The first-order valence-electron chi connectivity index (χ1n) is 5.84. The summed E-state index contributed by atoms with van der Waals surface area (Å²) in [6, 6.07) is 2.05. The molecule has 0 saturated carbocycles. The van der Waals surface area contributed by atoms with Crippen LogP contribution in [-0.2, 0) is 0 Å². The van der Waals surface area contributed by atoms with Crippen LogP contribution in [0.3, 0.4) is 0 Å². The molecule has 17 heavy (non-hydrogen) atoms. The smallest absolute Gasteiger partial charge is 0.162 e. The maximum atomic E-state index is 4.60. The number of nitrogens with zero attached hydrogens (tertiary/aromatic N) is 2.